The second-order valence-electron chi connectivity index (χ2n) is 7.57. The summed E-state index contributed by atoms with van der Waals surface area (Å²) in [6.07, 6.45) is 3.30. The third-order valence-electron chi connectivity index (χ3n) is 4.14. The quantitative estimate of drug-likeness (QED) is 0.573. The summed E-state index contributed by atoms with van der Waals surface area (Å²) in [5.74, 6) is 1.02. The Morgan fingerprint density at radius 3 is 2.64 bits per heavy atom. The number of nitrogens with one attached hydrogen (secondary N) is 1. The van der Waals surface area contributed by atoms with Gasteiger partial charge in [0.25, 0.3) is 11.5 Å². The molecule has 28 heavy (non-hydrogen) atoms. The van der Waals surface area contributed by atoms with Crippen LogP contribution >= 0.6 is 24.0 Å². The van der Waals surface area contributed by atoms with Gasteiger partial charge in [-0.25, -0.2) is 4.98 Å². The molecule has 0 aliphatic carbocycles. The van der Waals surface area contributed by atoms with Gasteiger partial charge in [0.05, 0.1) is 10.5 Å². The number of nitrogens with zero attached hydrogens (tertiary/aromatic N) is 3. The number of thioether (sulfide) groups is 1. The molecule has 0 radical (unpaired) electrons. The summed E-state index contributed by atoms with van der Waals surface area (Å²) in [7, 11) is 0. The third kappa shape index (κ3) is 4.28. The van der Waals surface area contributed by atoms with E-state index >= 15 is 0 Å². The number of carbonyl (C=O) groups is 1. The minimum atomic E-state index is -0.217. The van der Waals surface area contributed by atoms with Crippen molar-refractivity contribution in [2.45, 2.75) is 27.7 Å². The molecule has 0 atom stereocenters. The molecule has 3 rings (SSSR count). The van der Waals surface area contributed by atoms with E-state index in [1.165, 1.54) is 16.2 Å². The molecule has 1 fully saturated rings. The first-order chi connectivity index (χ1) is 13.3. The molecule has 1 N–H and O–H groups in total. The maximum Gasteiger partial charge on any atom is 0.267 e. The Morgan fingerprint density at radius 2 is 1.96 bits per heavy atom. The van der Waals surface area contributed by atoms with Crippen LogP contribution in [0.25, 0.3) is 11.7 Å². The van der Waals surface area contributed by atoms with Gasteiger partial charge in [-0.3, -0.25) is 18.9 Å². The SMILES string of the molecule is CC(C)CNc1nc2ccccn2c(=O)c1C=C1SC(=S)N(CC(C)C)C1=O. The van der Waals surface area contributed by atoms with Crippen molar-refractivity contribution >= 4 is 51.7 Å². The molecule has 0 aromatic carbocycles. The molecule has 0 spiro atoms. The Hall–Kier alpha value is -2.19. The predicted octanol–water partition coefficient (Wildman–Crippen LogP) is 3.62. The van der Waals surface area contributed by atoms with Crippen LogP contribution in [0.3, 0.4) is 0 Å². The fourth-order valence-corrected chi connectivity index (χ4v) is 4.08. The lowest BCUT2D eigenvalue weighted by Crippen LogP contribution is -2.31. The molecule has 0 unspecified atom stereocenters. The average molecular weight is 417 g/mol. The summed E-state index contributed by atoms with van der Waals surface area (Å²) in [6, 6.07) is 5.40. The first-order valence-electron chi connectivity index (χ1n) is 9.28. The first kappa shape index (κ1) is 20.5. The molecule has 0 bridgehead atoms. The van der Waals surface area contributed by atoms with Crippen LogP contribution in [0.2, 0.25) is 0 Å². The molecule has 1 aliphatic rings. The van der Waals surface area contributed by atoms with Crippen LogP contribution in [-0.4, -0.2) is 37.6 Å². The number of amides is 1. The topological polar surface area (TPSA) is 66.7 Å². The minimum absolute atomic E-state index is 0.156. The van der Waals surface area contributed by atoms with Crippen molar-refractivity contribution in [3.8, 4) is 0 Å². The highest BCUT2D eigenvalue weighted by Gasteiger charge is 2.32. The fraction of sp³-hybridized carbons (Fsp3) is 0.400. The van der Waals surface area contributed by atoms with Crippen LogP contribution in [0.5, 0.6) is 0 Å². The van der Waals surface area contributed by atoms with E-state index in [2.05, 4.69) is 24.1 Å². The average Bonchev–Trinajstić information content (AvgIpc) is 2.89. The number of anilines is 1. The molecular formula is C20H24N4O2S2. The van der Waals surface area contributed by atoms with Crippen molar-refractivity contribution in [3.63, 3.8) is 0 Å². The van der Waals surface area contributed by atoms with Crippen LogP contribution in [0.1, 0.15) is 33.3 Å². The van der Waals surface area contributed by atoms with Gasteiger partial charge in [-0.15, -0.1) is 0 Å². The van der Waals surface area contributed by atoms with E-state index in [0.717, 1.165) is 0 Å². The van der Waals surface area contributed by atoms with E-state index in [9.17, 15) is 9.59 Å². The maximum atomic E-state index is 13.1. The molecule has 2 aromatic heterocycles. The maximum absolute atomic E-state index is 13.1. The van der Waals surface area contributed by atoms with Crippen molar-refractivity contribution in [2.24, 2.45) is 11.8 Å². The second-order valence-corrected chi connectivity index (χ2v) is 9.24. The third-order valence-corrected chi connectivity index (χ3v) is 5.52. The second kappa shape index (κ2) is 8.45. The van der Waals surface area contributed by atoms with E-state index in [4.69, 9.17) is 12.2 Å². The Bertz CT molecular complexity index is 1010. The Balaban J connectivity index is 2.08. The van der Waals surface area contributed by atoms with Crippen molar-refractivity contribution in [1.82, 2.24) is 14.3 Å². The molecule has 2 aromatic rings. The number of hydrogen-bond acceptors (Lipinski definition) is 6. The van der Waals surface area contributed by atoms with Crippen LogP contribution in [0.15, 0.2) is 34.1 Å². The number of rotatable bonds is 6. The van der Waals surface area contributed by atoms with Crippen LogP contribution < -0.4 is 10.9 Å². The van der Waals surface area contributed by atoms with E-state index in [1.807, 2.05) is 19.9 Å². The van der Waals surface area contributed by atoms with E-state index in [1.54, 1.807) is 29.3 Å². The monoisotopic (exact) mass is 416 g/mol. The number of carbonyl (C=O) groups excluding carboxylic acids is 1. The van der Waals surface area contributed by atoms with E-state index < -0.39 is 0 Å². The van der Waals surface area contributed by atoms with Gasteiger partial charge in [0.2, 0.25) is 0 Å². The normalized spacial score (nSPS) is 16.2. The molecule has 6 nitrogen and oxygen atoms in total. The van der Waals surface area contributed by atoms with Gasteiger partial charge in [-0.05, 0) is 30.0 Å². The van der Waals surface area contributed by atoms with Crippen LogP contribution in [0.4, 0.5) is 5.82 Å². The van der Waals surface area contributed by atoms with Crippen molar-refractivity contribution < 1.29 is 4.79 Å². The van der Waals surface area contributed by atoms with Gasteiger partial charge in [-0.1, -0.05) is 57.7 Å². The molecule has 8 heteroatoms. The molecule has 1 aliphatic heterocycles. The highest BCUT2D eigenvalue weighted by molar-refractivity contribution is 8.26. The summed E-state index contributed by atoms with van der Waals surface area (Å²) in [5.41, 5.74) is 0.712. The summed E-state index contributed by atoms with van der Waals surface area (Å²) >= 11 is 6.60. The number of pyridine rings is 1. The van der Waals surface area contributed by atoms with E-state index in [0.29, 0.717) is 51.2 Å². The Kier molecular flexibility index (Phi) is 6.20. The molecule has 1 saturated heterocycles. The van der Waals surface area contributed by atoms with Crippen LogP contribution in [0, 0.1) is 11.8 Å². The first-order valence-corrected chi connectivity index (χ1v) is 10.5. The van der Waals surface area contributed by atoms with Gasteiger partial charge in [0.15, 0.2) is 0 Å². The lowest BCUT2D eigenvalue weighted by Gasteiger charge is -2.16. The molecular weight excluding hydrogens is 392 g/mol. The number of hydrogen-bond donors (Lipinski definition) is 1. The number of thiocarbonyl (C=S) groups is 1. The summed E-state index contributed by atoms with van der Waals surface area (Å²) in [4.78, 5) is 32.6. The lowest BCUT2D eigenvalue weighted by atomic mass is 10.2. The van der Waals surface area contributed by atoms with Gasteiger partial charge in [0.1, 0.15) is 15.8 Å². The van der Waals surface area contributed by atoms with Gasteiger partial charge < -0.3 is 5.32 Å². The summed E-state index contributed by atoms with van der Waals surface area (Å²) in [6.45, 7) is 9.47. The zero-order chi connectivity index (χ0) is 20.4. The summed E-state index contributed by atoms with van der Waals surface area (Å²) < 4.78 is 2.01. The Labute approximate surface area is 174 Å². The zero-order valence-corrected chi connectivity index (χ0v) is 18.1. The zero-order valence-electron chi connectivity index (χ0n) is 16.4. The minimum Gasteiger partial charge on any atom is -0.369 e. The molecule has 148 valence electrons. The van der Waals surface area contributed by atoms with Crippen molar-refractivity contribution in [2.75, 3.05) is 18.4 Å². The highest BCUT2D eigenvalue weighted by atomic mass is 32.2. The molecule has 3 heterocycles. The fourth-order valence-electron chi connectivity index (χ4n) is 2.82. The molecule has 1 amide bonds. The van der Waals surface area contributed by atoms with Crippen molar-refractivity contribution in [1.29, 1.82) is 0 Å². The standard InChI is InChI=1S/C20H24N4O2S2/c1-12(2)10-21-17-14(18(25)23-8-6-5-7-16(23)22-17)9-15-19(26)24(11-13(3)4)20(27)28-15/h5-9,12-13,21H,10-11H2,1-4H3. The van der Waals surface area contributed by atoms with Gasteiger partial charge in [-0.2, -0.15) is 0 Å². The highest BCUT2D eigenvalue weighted by Crippen LogP contribution is 2.33. The number of fused-ring (bicyclic) bond motifs is 1. The van der Waals surface area contributed by atoms with Crippen molar-refractivity contribution in [3.05, 3.63) is 45.2 Å². The van der Waals surface area contributed by atoms with E-state index in [-0.39, 0.29) is 11.5 Å². The lowest BCUT2D eigenvalue weighted by molar-refractivity contribution is -0.122. The number of aromatic nitrogens is 2. The predicted molar refractivity (Wildman–Crippen MR) is 120 cm³/mol. The van der Waals surface area contributed by atoms with Gasteiger partial charge >= 0.3 is 0 Å². The largest absolute Gasteiger partial charge is 0.369 e. The van der Waals surface area contributed by atoms with Crippen LogP contribution in [-0.2, 0) is 4.79 Å². The molecule has 0 saturated carbocycles. The van der Waals surface area contributed by atoms with Gasteiger partial charge in [0, 0.05) is 19.3 Å². The smallest absolute Gasteiger partial charge is 0.267 e. The summed E-state index contributed by atoms with van der Waals surface area (Å²) in [5, 5.41) is 3.25. The Morgan fingerprint density at radius 1 is 1.21 bits per heavy atom.